The van der Waals surface area contributed by atoms with E-state index in [0.29, 0.717) is 17.3 Å². The lowest BCUT2D eigenvalue weighted by Gasteiger charge is -2.33. The second-order valence-corrected chi connectivity index (χ2v) is 9.80. The molecule has 0 saturated carbocycles. The molecule has 2 aromatic rings. The molecule has 4 nitrogen and oxygen atoms in total. The van der Waals surface area contributed by atoms with Crippen LogP contribution < -0.4 is 10.6 Å². The van der Waals surface area contributed by atoms with Gasteiger partial charge in [-0.1, -0.05) is 32.9 Å². The highest BCUT2D eigenvalue weighted by Crippen LogP contribution is 2.44. The fourth-order valence-electron chi connectivity index (χ4n) is 3.84. The number of anilines is 2. The molecule has 0 fully saturated rings. The molecule has 0 spiro atoms. The SMILES string of the molecule is CC(=O)Nc1sc2c(c1C(=O)Nc1ccccc1C(F)(F)F)CC[C@H](C(C)(C)C)C2. The van der Waals surface area contributed by atoms with Crippen molar-refractivity contribution in [1.29, 1.82) is 0 Å². The fraction of sp³-hybridized carbons (Fsp3) is 0.455. The summed E-state index contributed by atoms with van der Waals surface area (Å²) < 4.78 is 39.9. The van der Waals surface area contributed by atoms with Gasteiger partial charge in [0.25, 0.3) is 5.91 Å². The molecule has 3 rings (SSSR count). The van der Waals surface area contributed by atoms with Crippen molar-refractivity contribution in [2.45, 2.75) is 53.1 Å². The summed E-state index contributed by atoms with van der Waals surface area (Å²) in [7, 11) is 0. The van der Waals surface area contributed by atoms with Gasteiger partial charge in [0.15, 0.2) is 0 Å². The fourth-order valence-corrected chi connectivity index (χ4v) is 5.21. The van der Waals surface area contributed by atoms with Gasteiger partial charge in [-0.15, -0.1) is 11.3 Å². The molecule has 8 heteroatoms. The summed E-state index contributed by atoms with van der Waals surface area (Å²) in [5.41, 5.74) is -0.00611. The van der Waals surface area contributed by atoms with Gasteiger partial charge < -0.3 is 10.6 Å². The maximum atomic E-state index is 13.3. The molecule has 1 aliphatic rings. The zero-order chi connectivity index (χ0) is 22.3. The number of hydrogen-bond donors (Lipinski definition) is 2. The number of amides is 2. The van der Waals surface area contributed by atoms with Gasteiger partial charge in [-0.2, -0.15) is 13.2 Å². The number of para-hydroxylation sites is 1. The van der Waals surface area contributed by atoms with Crippen molar-refractivity contribution in [1.82, 2.24) is 0 Å². The molecule has 1 aromatic carbocycles. The summed E-state index contributed by atoms with van der Waals surface area (Å²) >= 11 is 1.34. The van der Waals surface area contributed by atoms with Crippen molar-refractivity contribution in [3.8, 4) is 0 Å². The molecule has 1 aromatic heterocycles. The third-order valence-electron chi connectivity index (χ3n) is 5.49. The highest BCUT2D eigenvalue weighted by Gasteiger charge is 2.36. The summed E-state index contributed by atoms with van der Waals surface area (Å²) in [5.74, 6) is -0.538. The zero-order valence-electron chi connectivity index (χ0n) is 17.4. The molecule has 2 N–H and O–H groups in total. The number of alkyl halides is 3. The third kappa shape index (κ3) is 4.69. The minimum absolute atomic E-state index is 0.101. The molecule has 1 aliphatic carbocycles. The Labute approximate surface area is 177 Å². The van der Waals surface area contributed by atoms with Crippen LogP contribution in [0.15, 0.2) is 24.3 Å². The van der Waals surface area contributed by atoms with Crippen LogP contribution in [0.2, 0.25) is 0 Å². The number of benzene rings is 1. The van der Waals surface area contributed by atoms with Gasteiger partial charge >= 0.3 is 6.18 Å². The van der Waals surface area contributed by atoms with Gasteiger partial charge in [0.1, 0.15) is 5.00 Å². The maximum Gasteiger partial charge on any atom is 0.418 e. The van der Waals surface area contributed by atoms with Crippen LogP contribution >= 0.6 is 11.3 Å². The largest absolute Gasteiger partial charge is 0.418 e. The van der Waals surface area contributed by atoms with E-state index < -0.39 is 17.6 Å². The lowest BCUT2D eigenvalue weighted by molar-refractivity contribution is -0.136. The van der Waals surface area contributed by atoms with E-state index in [9.17, 15) is 22.8 Å². The van der Waals surface area contributed by atoms with Crippen molar-refractivity contribution in [2.24, 2.45) is 11.3 Å². The second-order valence-electron chi connectivity index (χ2n) is 8.69. The Morgan fingerprint density at radius 2 is 1.77 bits per heavy atom. The van der Waals surface area contributed by atoms with E-state index >= 15 is 0 Å². The first kappa shape index (κ1) is 22.3. The van der Waals surface area contributed by atoms with E-state index in [2.05, 4.69) is 31.4 Å². The first-order chi connectivity index (χ1) is 13.9. The van der Waals surface area contributed by atoms with Crippen molar-refractivity contribution >= 4 is 33.8 Å². The number of rotatable bonds is 3. The lowest BCUT2D eigenvalue weighted by Crippen LogP contribution is -2.27. The number of fused-ring (bicyclic) bond motifs is 1. The van der Waals surface area contributed by atoms with Gasteiger partial charge in [-0.05, 0) is 48.3 Å². The summed E-state index contributed by atoms with van der Waals surface area (Å²) in [4.78, 5) is 25.8. The van der Waals surface area contributed by atoms with Crippen LogP contribution in [0.4, 0.5) is 23.9 Å². The normalized spacial score (nSPS) is 16.7. The molecular weight excluding hydrogens is 413 g/mol. The molecule has 0 bridgehead atoms. The molecule has 0 saturated heterocycles. The summed E-state index contributed by atoms with van der Waals surface area (Å²) in [5, 5.41) is 5.51. The summed E-state index contributed by atoms with van der Waals surface area (Å²) in [6, 6.07) is 4.88. The van der Waals surface area contributed by atoms with Crippen molar-refractivity contribution < 1.29 is 22.8 Å². The first-order valence-electron chi connectivity index (χ1n) is 9.77. The quantitative estimate of drug-likeness (QED) is 0.606. The van der Waals surface area contributed by atoms with Crippen LogP contribution in [0, 0.1) is 11.3 Å². The zero-order valence-corrected chi connectivity index (χ0v) is 18.2. The molecule has 30 heavy (non-hydrogen) atoms. The predicted octanol–water partition coefficient (Wildman–Crippen LogP) is 6.13. The minimum Gasteiger partial charge on any atom is -0.321 e. The smallest absolute Gasteiger partial charge is 0.321 e. The number of carbonyl (C=O) groups is 2. The molecule has 162 valence electrons. The number of carbonyl (C=O) groups excluding carboxylic acids is 2. The Kier molecular flexibility index (Phi) is 6.00. The monoisotopic (exact) mass is 438 g/mol. The van der Waals surface area contributed by atoms with E-state index in [4.69, 9.17) is 0 Å². The van der Waals surface area contributed by atoms with Crippen LogP contribution in [-0.4, -0.2) is 11.8 Å². The van der Waals surface area contributed by atoms with Crippen LogP contribution in [0.25, 0.3) is 0 Å². The van der Waals surface area contributed by atoms with Crippen LogP contribution in [0.5, 0.6) is 0 Å². The lowest BCUT2D eigenvalue weighted by atomic mass is 9.72. The molecule has 0 radical (unpaired) electrons. The van der Waals surface area contributed by atoms with Crippen LogP contribution in [0.3, 0.4) is 0 Å². The van der Waals surface area contributed by atoms with Gasteiger partial charge in [0.2, 0.25) is 5.91 Å². The van der Waals surface area contributed by atoms with Crippen molar-refractivity contribution in [2.75, 3.05) is 10.6 Å². The molecular formula is C22H25F3N2O2S. The Balaban J connectivity index is 1.99. The first-order valence-corrected chi connectivity index (χ1v) is 10.6. The van der Waals surface area contributed by atoms with Crippen molar-refractivity contribution in [3.63, 3.8) is 0 Å². The number of nitrogens with one attached hydrogen (secondary N) is 2. The topological polar surface area (TPSA) is 58.2 Å². The Bertz CT molecular complexity index is 974. The van der Waals surface area contributed by atoms with E-state index in [1.807, 2.05) is 0 Å². The van der Waals surface area contributed by atoms with E-state index in [1.165, 1.54) is 36.5 Å². The van der Waals surface area contributed by atoms with E-state index in [-0.39, 0.29) is 22.6 Å². The molecule has 2 amide bonds. The summed E-state index contributed by atoms with van der Waals surface area (Å²) in [6.45, 7) is 7.86. The van der Waals surface area contributed by atoms with Crippen molar-refractivity contribution in [3.05, 3.63) is 45.8 Å². The van der Waals surface area contributed by atoms with Gasteiger partial charge in [0, 0.05) is 11.8 Å². The third-order valence-corrected chi connectivity index (χ3v) is 6.66. The van der Waals surface area contributed by atoms with E-state index in [0.717, 1.165) is 29.3 Å². The molecule has 0 aliphatic heterocycles. The van der Waals surface area contributed by atoms with Gasteiger partial charge in [-0.25, -0.2) is 0 Å². The Hall–Kier alpha value is -2.35. The molecule has 1 atom stereocenters. The van der Waals surface area contributed by atoms with E-state index in [1.54, 1.807) is 0 Å². The highest BCUT2D eigenvalue weighted by atomic mass is 32.1. The second kappa shape index (κ2) is 8.06. The highest BCUT2D eigenvalue weighted by molar-refractivity contribution is 7.17. The Morgan fingerprint density at radius 3 is 2.37 bits per heavy atom. The number of hydrogen-bond acceptors (Lipinski definition) is 3. The Morgan fingerprint density at radius 1 is 1.10 bits per heavy atom. The van der Waals surface area contributed by atoms with Gasteiger partial charge in [0.05, 0.1) is 16.8 Å². The average Bonchev–Trinajstić information content (AvgIpc) is 2.96. The standard InChI is InChI=1S/C22H25F3N2O2S/c1-12(28)26-20-18(14-10-9-13(21(2,3)4)11-17(14)30-20)19(29)27-16-8-6-5-7-15(16)22(23,24)25/h5-8,13H,9-11H2,1-4H3,(H,26,28)(H,27,29)/t13-/m0/s1. The minimum atomic E-state index is -4.58. The van der Waals surface area contributed by atoms with Crippen LogP contribution in [-0.2, 0) is 23.8 Å². The average molecular weight is 439 g/mol. The van der Waals surface area contributed by atoms with Crippen LogP contribution in [0.1, 0.15) is 60.5 Å². The molecule has 1 heterocycles. The predicted molar refractivity (Wildman–Crippen MR) is 113 cm³/mol. The van der Waals surface area contributed by atoms with Gasteiger partial charge in [-0.3, -0.25) is 9.59 Å². The maximum absolute atomic E-state index is 13.3. The molecule has 0 unspecified atom stereocenters. The number of thiophene rings is 1. The number of halogens is 3. The summed E-state index contributed by atoms with van der Waals surface area (Å²) in [6.07, 6.45) is -2.27.